The molecule has 0 heterocycles. The van der Waals surface area contributed by atoms with Crippen LogP contribution in [0, 0.1) is 5.41 Å². The van der Waals surface area contributed by atoms with E-state index in [1.165, 1.54) is 0 Å². The van der Waals surface area contributed by atoms with Gasteiger partial charge in [-0.1, -0.05) is 0 Å². The number of ketones is 1. The molecule has 0 unspecified atom stereocenters. The van der Waals surface area contributed by atoms with Crippen LogP contribution in [0.15, 0.2) is 0 Å². The van der Waals surface area contributed by atoms with E-state index in [9.17, 15) is 44.3 Å². The maximum Gasteiger partial charge on any atom is 0.410 e. The number of carbonyl (C=O) groups excluding carboxylic acids is 1. The molecule has 0 spiro atoms. The second kappa shape index (κ2) is 4.05. The molecule has 0 fully saturated rings. The largest absolute Gasteiger partial charge is 0.410 e. The number of rotatable bonds is 2. The van der Waals surface area contributed by atoms with Gasteiger partial charge in [-0.3, -0.25) is 4.79 Å². The highest BCUT2D eigenvalue weighted by Crippen LogP contribution is 2.56. The minimum atomic E-state index is -6.37. The van der Waals surface area contributed by atoms with Gasteiger partial charge >= 0.3 is 18.5 Å². The van der Waals surface area contributed by atoms with Gasteiger partial charge in [0, 0.05) is 0 Å². The summed E-state index contributed by atoms with van der Waals surface area (Å²) in [5.74, 6) is -2.64. The minimum Gasteiger partial charge on any atom is -0.299 e. The van der Waals surface area contributed by atoms with Crippen LogP contribution in [0.4, 0.5) is 39.5 Å². The van der Waals surface area contributed by atoms with Crippen molar-refractivity contribution in [2.45, 2.75) is 31.9 Å². The van der Waals surface area contributed by atoms with E-state index in [1.54, 1.807) is 0 Å². The standard InChI is InChI=1S/C7H5F9O/c1-3(17)4(6(11,12)13,7(14,15)16)2-5(8,9)10/h2H2,1H3. The van der Waals surface area contributed by atoms with E-state index in [2.05, 4.69) is 0 Å². The van der Waals surface area contributed by atoms with E-state index in [0.29, 0.717) is 0 Å². The highest BCUT2D eigenvalue weighted by atomic mass is 19.4. The Bertz CT molecular complexity index is 280. The Balaban J connectivity index is 5.88. The van der Waals surface area contributed by atoms with Crippen molar-refractivity contribution in [3.05, 3.63) is 0 Å². The van der Waals surface area contributed by atoms with Crippen LogP contribution in [0.2, 0.25) is 0 Å². The highest BCUT2D eigenvalue weighted by Gasteiger charge is 2.76. The van der Waals surface area contributed by atoms with Gasteiger partial charge in [0.1, 0.15) is 0 Å². The van der Waals surface area contributed by atoms with Crippen LogP contribution in [-0.2, 0) is 4.79 Å². The lowest BCUT2D eigenvalue weighted by Crippen LogP contribution is -2.56. The minimum absolute atomic E-state index is 0.174. The fourth-order valence-electron chi connectivity index (χ4n) is 1.19. The molecule has 1 nitrogen and oxygen atoms in total. The molecule has 17 heavy (non-hydrogen) atoms. The molecular formula is C7H5F9O. The molecule has 0 N–H and O–H groups in total. The molecule has 0 rings (SSSR count). The average Bonchev–Trinajstić information content (AvgIpc) is 1.92. The maximum atomic E-state index is 12.2. The van der Waals surface area contributed by atoms with Gasteiger partial charge in [0.2, 0.25) is 5.41 Å². The Kier molecular flexibility index (Phi) is 3.83. The molecular weight excluding hydrogens is 271 g/mol. The zero-order valence-corrected chi connectivity index (χ0v) is 8.02. The fourth-order valence-corrected chi connectivity index (χ4v) is 1.19. The van der Waals surface area contributed by atoms with E-state index in [1.807, 2.05) is 0 Å². The van der Waals surface area contributed by atoms with E-state index < -0.39 is 36.1 Å². The molecule has 0 aromatic rings. The Hall–Kier alpha value is -0.960. The van der Waals surface area contributed by atoms with Crippen LogP contribution in [0.25, 0.3) is 0 Å². The Morgan fingerprint density at radius 3 is 1.18 bits per heavy atom. The molecule has 0 aliphatic rings. The summed E-state index contributed by atoms with van der Waals surface area (Å²) in [6, 6.07) is 0. The zero-order valence-electron chi connectivity index (χ0n) is 8.02. The molecule has 0 atom stereocenters. The van der Waals surface area contributed by atoms with Gasteiger partial charge in [0.25, 0.3) is 0 Å². The van der Waals surface area contributed by atoms with Crippen LogP contribution < -0.4 is 0 Å². The molecule has 0 amide bonds. The summed E-state index contributed by atoms with van der Waals surface area (Å²) < 4.78 is 109. The van der Waals surface area contributed by atoms with Crippen molar-refractivity contribution in [3.8, 4) is 0 Å². The van der Waals surface area contributed by atoms with Gasteiger partial charge in [-0.05, 0) is 6.92 Å². The highest BCUT2D eigenvalue weighted by molar-refractivity contribution is 5.84. The third-order valence-electron chi connectivity index (χ3n) is 2.03. The van der Waals surface area contributed by atoms with Gasteiger partial charge in [-0.2, -0.15) is 39.5 Å². The number of hydrogen-bond donors (Lipinski definition) is 0. The molecule has 0 aliphatic heterocycles. The van der Waals surface area contributed by atoms with Crippen molar-refractivity contribution >= 4 is 5.78 Å². The molecule has 0 radical (unpaired) electrons. The molecule has 0 aromatic carbocycles. The average molecular weight is 276 g/mol. The van der Waals surface area contributed by atoms with Gasteiger partial charge < -0.3 is 0 Å². The second-order valence-corrected chi connectivity index (χ2v) is 3.25. The van der Waals surface area contributed by atoms with Crippen LogP contribution in [0.1, 0.15) is 13.3 Å². The first-order chi connectivity index (χ1) is 7.15. The molecule has 0 aliphatic carbocycles. The van der Waals surface area contributed by atoms with Crippen LogP contribution >= 0.6 is 0 Å². The van der Waals surface area contributed by atoms with Crippen molar-refractivity contribution in [3.63, 3.8) is 0 Å². The Labute approximate surface area is 88.6 Å². The summed E-state index contributed by atoms with van der Waals surface area (Å²) in [7, 11) is 0. The lowest BCUT2D eigenvalue weighted by atomic mass is 9.78. The quantitative estimate of drug-likeness (QED) is 0.704. The number of halogens is 9. The van der Waals surface area contributed by atoms with Gasteiger partial charge in [0.15, 0.2) is 5.78 Å². The predicted octanol–water partition coefficient (Wildman–Crippen LogP) is 3.64. The van der Waals surface area contributed by atoms with Crippen molar-refractivity contribution in [2.24, 2.45) is 5.41 Å². The summed E-state index contributed by atoms with van der Waals surface area (Å²) >= 11 is 0. The molecule has 102 valence electrons. The topological polar surface area (TPSA) is 17.1 Å². The lowest BCUT2D eigenvalue weighted by Gasteiger charge is -2.35. The first-order valence-corrected chi connectivity index (χ1v) is 3.86. The van der Waals surface area contributed by atoms with Gasteiger partial charge in [-0.15, -0.1) is 0 Å². The molecule has 10 heteroatoms. The molecule has 0 bridgehead atoms. The van der Waals surface area contributed by atoms with E-state index in [4.69, 9.17) is 0 Å². The summed E-state index contributed by atoms with van der Waals surface area (Å²) in [6.07, 6.45) is -21.8. The monoisotopic (exact) mass is 276 g/mol. The van der Waals surface area contributed by atoms with E-state index in [-0.39, 0.29) is 6.92 Å². The fraction of sp³-hybridized carbons (Fsp3) is 0.857. The number of alkyl halides is 9. The second-order valence-electron chi connectivity index (χ2n) is 3.25. The molecule has 0 saturated heterocycles. The van der Waals surface area contributed by atoms with Crippen LogP contribution in [-0.4, -0.2) is 24.3 Å². The number of carbonyl (C=O) groups is 1. The third-order valence-corrected chi connectivity index (χ3v) is 2.03. The first kappa shape index (κ1) is 16.0. The SMILES string of the molecule is CC(=O)C(CC(F)(F)F)(C(F)(F)F)C(F)(F)F. The Morgan fingerprint density at radius 2 is 1.12 bits per heavy atom. The van der Waals surface area contributed by atoms with Crippen molar-refractivity contribution in [1.29, 1.82) is 0 Å². The molecule has 0 saturated carbocycles. The summed E-state index contributed by atoms with van der Waals surface area (Å²) in [4.78, 5) is 10.5. The van der Waals surface area contributed by atoms with Crippen molar-refractivity contribution in [2.75, 3.05) is 0 Å². The van der Waals surface area contributed by atoms with Crippen molar-refractivity contribution < 1.29 is 44.3 Å². The Morgan fingerprint density at radius 1 is 0.824 bits per heavy atom. The molecule has 0 aromatic heterocycles. The summed E-state index contributed by atoms with van der Waals surface area (Å²) in [6.45, 7) is -0.174. The van der Waals surface area contributed by atoms with Crippen molar-refractivity contribution in [1.82, 2.24) is 0 Å². The third kappa shape index (κ3) is 3.03. The summed E-state index contributed by atoms with van der Waals surface area (Å²) in [5, 5.41) is 0. The zero-order chi connectivity index (χ0) is 14.3. The first-order valence-electron chi connectivity index (χ1n) is 3.86. The normalized spacial score (nSPS) is 14.9. The van der Waals surface area contributed by atoms with Crippen LogP contribution in [0.3, 0.4) is 0 Å². The number of Topliss-reactive ketones (excluding diaryl/α,β-unsaturated/α-hetero) is 1. The van der Waals surface area contributed by atoms with E-state index in [0.717, 1.165) is 0 Å². The van der Waals surface area contributed by atoms with Crippen LogP contribution in [0.5, 0.6) is 0 Å². The predicted molar refractivity (Wildman–Crippen MR) is 35.9 cm³/mol. The maximum absolute atomic E-state index is 12.2. The smallest absolute Gasteiger partial charge is 0.299 e. The van der Waals surface area contributed by atoms with Gasteiger partial charge in [0.05, 0.1) is 6.42 Å². The lowest BCUT2D eigenvalue weighted by molar-refractivity contribution is -0.346. The van der Waals surface area contributed by atoms with E-state index >= 15 is 0 Å². The number of hydrogen-bond acceptors (Lipinski definition) is 1. The van der Waals surface area contributed by atoms with Gasteiger partial charge in [-0.25, -0.2) is 0 Å². The summed E-state index contributed by atoms with van der Waals surface area (Å²) in [5.41, 5.74) is -5.40.